The average molecular weight is 518 g/mol. The highest BCUT2D eigenvalue weighted by atomic mass is 19.4. The van der Waals surface area contributed by atoms with E-state index < -0.39 is 29.0 Å². The van der Waals surface area contributed by atoms with Gasteiger partial charge in [0, 0.05) is 5.69 Å². The number of hydrogen-bond acceptors (Lipinski definition) is 3. The molecule has 0 aliphatic heterocycles. The van der Waals surface area contributed by atoms with E-state index in [4.69, 9.17) is 5.11 Å². The summed E-state index contributed by atoms with van der Waals surface area (Å²) < 4.78 is 42.9. The molecule has 0 fully saturated rings. The molecule has 9 heteroatoms. The number of hydrogen-bond donors (Lipinski definition) is 2. The van der Waals surface area contributed by atoms with Crippen molar-refractivity contribution in [3.63, 3.8) is 0 Å². The molecule has 4 aromatic rings. The second-order valence-corrected chi connectivity index (χ2v) is 8.84. The van der Waals surface area contributed by atoms with Crippen LogP contribution >= 0.6 is 0 Å². The summed E-state index contributed by atoms with van der Waals surface area (Å²) in [6.45, 7) is 3.73. The molecule has 0 spiro atoms. The Morgan fingerprint density at radius 1 is 0.974 bits per heavy atom. The minimum absolute atomic E-state index is 0.00275. The summed E-state index contributed by atoms with van der Waals surface area (Å²) in [5.74, 6) is 0. The van der Waals surface area contributed by atoms with Gasteiger partial charge in [0.2, 0.25) is 0 Å². The van der Waals surface area contributed by atoms with Crippen molar-refractivity contribution in [2.75, 3.05) is 5.32 Å². The van der Waals surface area contributed by atoms with Gasteiger partial charge in [-0.1, -0.05) is 54.1 Å². The van der Waals surface area contributed by atoms with E-state index in [1.54, 1.807) is 48.5 Å². The SMILES string of the molecule is Cc1ccc(Cn2c(-c3cccc(-c4cccc(NC(=O)O)c4)c3)cc(C(F)(F)F)c(C#N)c2=O)c(C)c1. The van der Waals surface area contributed by atoms with Crippen LogP contribution in [0, 0.1) is 25.2 Å². The van der Waals surface area contributed by atoms with Crippen LogP contribution in [0.2, 0.25) is 0 Å². The number of aromatic nitrogens is 1. The molecule has 0 aliphatic carbocycles. The average Bonchev–Trinajstić information content (AvgIpc) is 2.85. The van der Waals surface area contributed by atoms with Gasteiger partial charge in [0.05, 0.1) is 17.8 Å². The van der Waals surface area contributed by atoms with E-state index in [-0.39, 0.29) is 12.2 Å². The molecule has 38 heavy (non-hydrogen) atoms. The lowest BCUT2D eigenvalue weighted by Crippen LogP contribution is -2.29. The Morgan fingerprint density at radius 3 is 2.26 bits per heavy atom. The van der Waals surface area contributed by atoms with E-state index >= 15 is 0 Å². The van der Waals surface area contributed by atoms with Crippen LogP contribution in [0.1, 0.15) is 27.8 Å². The summed E-state index contributed by atoms with van der Waals surface area (Å²) in [5.41, 5.74) is 1.16. The van der Waals surface area contributed by atoms with Gasteiger partial charge < -0.3 is 9.67 Å². The van der Waals surface area contributed by atoms with Crippen LogP contribution < -0.4 is 10.9 Å². The number of nitrogens with one attached hydrogen (secondary N) is 1. The maximum Gasteiger partial charge on any atom is 0.417 e. The lowest BCUT2D eigenvalue weighted by atomic mass is 9.98. The summed E-state index contributed by atoms with van der Waals surface area (Å²) in [6.07, 6.45) is -6.14. The number of benzene rings is 3. The third-order valence-electron chi connectivity index (χ3n) is 6.15. The van der Waals surface area contributed by atoms with E-state index in [9.17, 15) is 28.0 Å². The third kappa shape index (κ3) is 5.44. The number of halogens is 3. The summed E-state index contributed by atoms with van der Waals surface area (Å²) >= 11 is 0. The number of alkyl halides is 3. The zero-order chi connectivity index (χ0) is 27.6. The Morgan fingerprint density at radius 2 is 1.63 bits per heavy atom. The first-order valence-corrected chi connectivity index (χ1v) is 11.5. The van der Waals surface area contributed by atoms with E-state index in [0.717, 1.165) is 22.8 Å². The van der Waals surface area contributed by atoms with Crippen LogP contribution in [0.3, 0.4) is 0 Å². The monoisotopic (exact) mass is 517 g/mol. The highest BCUT2D eigenvalue weighted by Crippen LogP contribution is 2.35. The zero-order valence-corrected chi connectivity index (χ0v) is 20.4. The summed E-state index contributed by atoms with van der Waals surface area (Å²) in [4.78, 5) is 24.3. The molecule has 0 radical (unpaired) electrons. The van der Waals surface area contributed by atoms with Crippen molar-refractivity contribution in [1.82, 2.24) is 4.57 Å². The molecule has 6 nitrogen and oxygen atoms in total. The molecule has 3 aromatic carbocycles. The lowest BCUT2D eigenvalue weighted by Gasteiger charge is -2.19. The first-order valence-electron chi connectivity index (χ1n) is 11.5. The topological polar surface area (TPSA) is 95.1 Å². The smallest absolute Gasteiger partial charge is 0.417 e. The summed E-state index contributed by atoms with van der Waals surface area (Å²) in [6, 6.07) is 21.0. The van der Waals surface area contributed by atoms with Crippen LogP contribution in [0.15, 0.2) is 77.6 Å². The Kier molecular flexibility index (Phi) is 7.08. The van der Waals surface area contributed by atoms with Crippen molar-refractivity contribution in [2.45, 2.75) is 26.6 Å². The van der Waals surface area contributed by atoms with Crippen LogP contribution in [0.5, 0.6) is 0 Å². The standard InChI is InChI=1S/C29H22F3N3O3/c1-17-9-10-22(18(2)11-17)16-35-26(14-25(29(30,31)32)24(15-33)27(35)36)21-7-3-5-19(12-21)20-6-4-8-23(13-20)34-28(37)38/h3-14,34H,16H2,1-2H3,(H,37,38). The number of carboxylic acid groups (broad SMARTS) is 1. The number of amides is 1. The van der Waals surface area contributed by atoms with Gasteiger partial charge in [-0.05, 0) is 65.9 Å². The normalized spacial score (nSPS) is 11.2. The zero-order valence-electron chi connectivity index (χ0n) is 20.4. The van der Waals surface area contributed by atoms with Crippen molar-refractivity contribution in [1.29, 1.82) is 5.26 Å². The van der Waals surface area contributed by atoms with Crippen molar-refractivity contribution in [2.24, 2.45) is 0 Å². The van der Waals surface area contributed by atoms with Crippen LogP contribution in [-0.4, -0.2) is 15.8 Å². The van der Waals surface area contributed by atoms with E-state index in [2.05, 4.69) is 5.32 Å². The van der Waals surface area contributed by atoms with Crippen molar-refractivity contribution < 1.29 is 23.1 Å². The first kappa shape index (κ1) is 26.2. The Labute approximate surface area is 216 Å². The van der Waals surface area contributed by atoms with Crippen molar-refractivity contribution in [3.8, 4) is 28.5 Å². The molecule has 1 aromatic heterocycles. The molecular formula is C29H22F3N3O3. The van der Waals surface area contributed by atoms with Crippen molar-refractivity contribution >= 4 is 11.8 Å². The van der Waals surface area contributed by atoms with Gasteiger partial charge in [0.1, 0.15) is 11.6 Å². The third-order valence-corrected chi connectivity index (χ3v) is 6.15. The maximum atomic E-state index is 13.9. The predicted octanol–water partition coefficient (Wildman–Crippen LogP) is 6.83. The lowest BCUT2D eigenvalue weighted by molar-refractivity contribution is -0.137. The molecule has 192 valence electrons. The van der Waals surface area contributed by atoms with Gasteiger partial charge in [-0.2, -0.15) is 18.4 Å². The minimum atomic E-state index is -4.91. The van der Waals surface area contributed by atoms with Crippen molar-refractivity contribution in [3.05, 3.63) is 111 Å². The number of pyridine rings is 1. The molecule has 0 bridgehead atoms. The Balaban J connectivity index is 1.93. The number of rotatable bonds is 5. The molecule has 0 saturated heterocycles. The van der Waals surface area contributed by atoms with E-state index in [1.807, 2.05) is 32.0 Å². The van der Waals surface area contributed by atoms with E-state index in [0.29, 0.717) is 22.4 Å². The number of carbonyl (C=O) groups is 1. The molecule has 2 N–H and O–H groups in total. The number of nitriles is 1. The summed E-state index contributed by atoms with van der Waals surface area (Å²) in [5, 5.41) is 20.8. The molecule has 0 saturated carbocycles. The van der Waals surface area contributed by atoms with Crippen LogP contribution in [-0.2, 0) is 12.7 Å². The van der Waals surface area contributed by atoms with Gasteiger partial charge in [-0.3, -0.25) is 10.1 Å². The number of anilines is 1. The van der Waals surface area contributed by atoms with Crippen LogP contribution in [0.4, 0.5) is 23.7 Å². The highest BCUT2D eigenvalue weighted by molar-refractivity contribution is 5.84. The highest BCUT2D eigenvalue weighted by Gasteiger charge is 2.36. The maximum absolute atomic E-state index is 13.9. The molecule has 0 unspecified atom stereocenters. The molecular weight excluding hydrogens is 495 g/mol. The second kappa shape index (κ2) is 10.3. The molecule has 1 amide bonds. The van der Waals surface area contributed by atoms with Crippen LogP contribution in [0.25, 0.3) is 22.4 Å². The van der Waals surface area contributed by atoms with Gasteiger partial charge in [0.15, 0.2) is 0 Å². The number of nitrogens with zero attached hydrogens (tertiary/aromatic N) is 2. The fourth-order valence-corrected chi connectivity index (χ4v) is 4.33. The fourth-order valence-electron chi connectivity index (χ4n) is 4.33. The fraction of sp³-hybridized carbons (Fsp3) is 0.138. The van der Waals surface area contributed by atoms with E-state index in [1.165, 1.54) is 10.6 Å². The Hall–Kier alpha value is -4.84. The first-order chi connectivity index (χ1) is 18.0. The summed E-state index contributed by atoms with van der Waals surface area (Å²) in [7, 11) is 0. The molecule has 1 heterocycles. The van der Waals surface area contributed by atoms with Gasteiger partial charge >= 0.3 is 12.3 Å². The largest absolute Gasteiger partial charge is 0.465 e. The predicted molar refractivity (Wildman–Crippen MR) is 138 cm³/mol. The quantitative estimate of drug-likeness (QED) is 0.303. The Bertz CT molecular complexity index is 1650. The number of aryl methyl sites for hydroxylation is 2. The minimum Gasteiger partial charge on any atom is -0.465 e. The van der Waals surface area contributed by atoms with Gasteiger partial charge in [0.25, 0.3) is 5.56 Å². The molecule has 0 aliphatic rings. The van der Waals surface area contributed by atoms with Gasteiger partial charge in [-0.25, -0.2) is 4.79 Å². The second-order valence-electron chi connectivity index (χ2n) is 8.84. The molecule has 4 rings (SSSR count). The molecule has 0 atom stereocenters. The van der Waals surface area contributed by atoms with Gasteiger partial charge in [-0.15, -0.1) is 0 Å².